The Morgan fingerprint density at radius 3 is 2.80 bits per heavy atom. The normalized spacial score (nSPS) is 12.5. The molecule has 4 nitrogen and oxygen atoms in total. The van der Waals surface area contributed by atoms with Crippen LogP contribution < -0.4 is 5.32 Å². The quantitative estimate of drug-likeness (QED) is 0.350. The molecule has 0 aliphatic heterocycles. The van der Waals surface area contributed by atoms with Crippen LogP contribution >= 0.6 is 0 Å². The van der Waals surface area contributed by atoms with Gasteiger partial charge in [0.25, 0.3) is 0 Å². The van der Waals surface area contributed by atoms with Gasteiger partial charge in [-0.05, 0) is 0 Å². The third kappa shape index (κ3) is 4.05. The van der Waals surface area contributed by atoms with Crippen molar-refractivity contribution >= 4 is 5.97 Å². The molecular weight excluding hydrogens is 134 g/mol. The molecule has 0 spiro atoms. The van der Waals surface area contributed by atoms with E-state index in [1.165, 1.54) is 0 Å². The van der Waals surface area contributed by atoms with Crippen molar-refractivity contribution in [3.63, 3.8) is 0 Å². The van der Waals surface area contributed by atoms with Crippen molar-refractivity contribution in [1.82, 2.24) is 5.32 Å². The van der Waals surface area contributed by atoms with Crippen molar-refractivity contribution in [3.8, 4) is 0 Å². The minimum atomic E-state index is -1.32. The highest BCUT2D eigenvalue weighted by molar-refractivity contribution is 5.72. The van der Waals surface area contributed by atoms with Gasteiger partial charge in [-0.3, -0.25) is 0 Å². The Kier molecular flexibility index (Phi) is 4.53. The molecule has 3 N–H and O–H groups in total. The van der Waals surface area contributed by atoms with E-state index in [9.17, 15) is 4.79 Å². The minimum Gasteiger partial charge on any atom is -0.479 e. The number of aliphatic carboxylic acids is 1. The van der Waals surface area contributed by atoms with E-state index in [-0.39, 0.29) is 6.54 Å². The summed E-state index contributed by atoms with van der Waals surface area (Å²) >= 11 is 0. The molecule has 4 heteroatoms. The Hall–Kier alpha value is -0.870. The van der Waals surface area contributed by atoms with E-state index in [0.717, 1.165) is 0 Å². The minimum absolute atomic E-state index is 0.0569. The van der Waals surface area contributed by atoms with Gasteiger partial charge in [-0.15, -0.1) is 6.58 Å². The van der Waals surface area contributed by atoms with Crippen LogP contribution in [0.5, 0.6) is 0 Å². The molecule has 0 saturated heterocycles. The number of nitrogens with one attached hydrogen (secondary N) is 1. The predicted octanol–water partition coefficient (Wildman–Crippen LogP) is -0.793. The maximum Gasteiger partial charge on any atom is 0.333 e. The van der Waals surface area contributed by atoms with Crippen molar-refractivity contribution in [2.45, 2.75) is 6.10 Å². The van der Waals surface area contributed by atoms with Gasteiger partial charge in [0, 0.05) is 13.1 Å². The second kappa shape index (κ2) is 4.96. The Morgan fingerprint density at radius 1 is 1.80 bits per heavy atom. The Bertz CT molecular complexity index is 124. The maximum absolute atomic E-state index is 9.98. The van der Waals surface area contributed by atoms with Gasteiger partial charge in [-0.2, -0.15) is 0 Å². The molecule has 0 fully saturated rings. The van der Waals surface area contributed by atoms with Gasteiger partial charge in [-0.25, -0.2) is 4.79 Å². The highest BCUT2D eigenvalue weighted by atomic mass is 16.4. The van der Waals surface area contributed by atoms with Gasteiger partial charge in [-0.1, -0.05) is 6.08 Å². The summed E-state index contributed by atoms with van der Waals surface area (Å²) in [5, 5.41) is 19.5. The highest BCUT2D eigenvalue weighted by Crippen LogP contribution is 1.78. The lowest BCUT2D eigenvalue weighted by Crippen LogP contribution is -2.32. The van der Waals surface area contributed by atoms with Crippen LogP contribution in [0.1, 0.15) is 0 Å². The number of hydrogen-bond acceptors (Lipinski definition) is 3. The van der Waals surface area contributed by atoms with E-state index in [2.05, 4.69) is 11.9 Å². The molecule has 0 aromatic heterocycles. The van der Waals surface area contributed by atoms with Crippen LogP contribution in [0.4, 0.5) is 0 Å². The van der Waals surface area contributed by atoms with E-state index in [1.807, 2.05) is 0 Å². The summed E-state index contributed by atoms with van der Waals surface area (Å²) in [5.41, 5.74) is 0. The fourth-order valence-corrected chi connectivity index (χ4v) is 0.409. The lowest BCUT2D eigenvalue weighted by atomic mass is 10.3. The first-order chi connectivity index (χ1) is 4.68. The molecule has 0 aromatic rings. The van der Waals surface area contributed by atoms with Crippen molar-refractivity contribution in [3.05, 3.63) is 12.7 Å². The summed E-state index contributed by atoms with van der Waals surface area (Å²) < 4.78 is 0. The summed E-state index contributed by atoms with van der Waals surface area (Å²) in [6, 6.07) is 0. The predicted molar refractivity (Wildman–Crippen MR) is 36.7 cm³/mol. The molecule has 10 heavy (non-hydrogen) atoms. The number of carbonyl (C=O) groups is 1. The zero-order chi connectivity index (χ0) is 7.98. The average molecular weight is 145 g/mol. The molecule has 0 aromatic carbocycles. The third-order valence-electron chi connectivity index (χ3n) is 0.911. The van der Waals surface area contributed by atoms with Crippen LogP contribution in [0.15, 0.2) is 12.7 Å². The number of rotatable bonds is 5. The molecule has 0 saturated carbocycles. The maximum atomic E-state index is 9.98. The molecule has 0 heterocycles. The van der Waals surface area contributed by atoms with Gasteiger partial charge in [0.05, 0.1) is 0 Å². The van der Waals surface area contributed by atoms with Crippen LogP contribution in [0.3, 0.4) is 0 Å². The highest BCUT2D eigenvalue weighted by Gasteiger charge is 2.10. The monoisotopic (exact) mass is 145 g/mol. The second-order valence-corrected chi connectivity index (χ2v) is 1.80. The summed E-state index contributed by atoms with van der Waals surface area (Å²) in [6.45, 7) is 3.97. The van der Waals surface area contributed by atoms with Gasteiger partial charge in [0.15, 0.2) is 6.10 Å². The molecular formula is C6H11NO3. The molecule has 0 amide bonds. The topological polar surface area (TPSA) is 69.6 Å². The first kappa shape index (κ1) is 9.13. The van der Waals surface area contributed by atoms with E-state index in [1.54, 1.807) is 6.08 Å². The average Bonchev–Trinajstić information content (AvgIpc) is 1.88. The molecule has 0 bridgehead atoms. The molecule has 0 aliphatic rings. The molecule has 58 valence electrons. The third-order valence-corrected chi connectivity index (χ3v) is 0.911. The molecule has 0 radical (unpaired) electrons. The molecule has 0 aliphatic carbocycles. The van der Waals surface area contributed by atoms with Crippen LogP contribution in [0.25, 0.3) is 0 Å². The zero-order valence-corrected chi connectivity index (χ0v) is 5.58. The lowest BCUT2D eigenvalue weighted by Gasteiger charge is -2.03. The molecule has 0 rings (SSSR count). The van der Waals surface area contributed by atoms with E-state index < -0.39 is 12.1 Å². The van der Waals surface area contributed by atoms with E-state index >= 15 is 0 Å². The molecule has 1 atom stereocenters. The summed E-state index contributed by atoms with van der Waals surface area (Å²) in [7, 11) is 0. The van der Waals surface area contributed by atoms with Gasteiger partial charge < -0.3 is 15.5 Å². The van der Waals surface area contributed by atoms with Gasteiger partial charge >= 0.3 is 5.97 Å². The summed E-state index contributed by atoms with van der Waals surface area (Å²) in [6.07, 6.45) is 0.272. The SMILES string of the molecule is C=CCNCC(O)C(=O)O. The Balaban J connectivity index is 3.30. The van der Waals surface area contributed by atoms with E-state index in [0.29, 0.717) is 6.54 Å². The van der Waals surface area contributed by atoms with Crippen molar-refractivity contribution in [1.29, 1.82) is 0 Å². The zero-order valence-electron chi connectivity index (χ0n) is 5.58. The number of carboxylic acids is 1. The van der Waals surface area contributed by atoms with Gasteiger partial charge in [0.2, 0.25) is 0 Å². The van der Waals surface area contributed by atoms with Gasteiger partial charge in [0.1, 0.15) is 0 Å². The van der Waals surface area contributed by atoms with Crippen molar-refractivity contribution in [2.75, 3.05) is 13.1 Å². The number of hydrogen-bond donors (Lipinski definition) is 3. The smallest absolute Gasteiger partial charge is 0.333 e. The second-order valence-electron chi connectivity index (χ2n) is 1.80. The molecule has 1 unspecified atom stereocenters. The van der Waals surface area contributed by atoms with Crippen molar-refractivity contribution in [2.24, 2.45) is 0 Å². The number of carboxylic acid groups (broad SMARTS) is 1. The lowest BCUT2D eigenvalue weighted by molar-refractivity contribution is -0.146. The van der Waals surface area contributed by atoms with Crippen LogP contribution in [0, 0.1) is 0 Å². The fourth-order valence-electron chi connectivity index (χ4n) is 0.409. The van der Waals surface area contributed by atoms with Crippen LogP contribution in [0.2, 0.25) is 0 Å². The first-order valence-electron chi connectivity index (χ1n) is 2.91. The standard InChI is InChI=1S/C6H11NO3/c1-2-3-7-4-5(8)6(9)10/h2,5,7-8H,1,3-4H2,(H,9,10). The van der Waals surface area contributed by atoms with Crippen molar-refractivity contribution < 1.29 is 15.0 Å². The van der Waals surface area contributed by atoms with Crippen LogP contribution in [-0.4, -0.2) is 35.4 Å². The largest absolute Gasteiger partial charge is 0.479 e. The summed E-state index contributed by atoms with van der Waals surface area (Å²) in [4.78, 5) is 9.98. The number of aliphatic hydroxyl groups excluding tert-OH is 1. The first-order valence-corrected chi connectivity index (χ1v) is 2.91. The number of aliphatic hydroxyl groups is 1. The van der Waals surface area contributed by atoms with Crippen LogP contribution in [-0.2, 0) is 4.79 Å². The Morgan fingerprint density at radius 2 is 2.40 bits per heavy atom. The fraction of sp³-hybridized carbons (Fsp3) is 0.500. The summed E-state index contributed by atoms with van der Waals surface area (Å²) in [5.74, 6) is -1.21. The van der Waals surface area contributed by atoms with E-state index in [4.69, 9.17) is 10.2 Å². The Labute approximate surface area is 59.2 Å².